The summed E-state index contributed by atoms with van der Waals surface area (Å²) >= 11 is 0. The summed E-state index contributed by atoms with van der Waals surface area (Å²) in [7, 11) is 1.00. The van der Waals surface area contributed by atoms with Gasteiger partial charge in [0.25, 0.3) is 12.2 Å². The molecule has 16 nitrogen and oxygen atoms in total. The number of aliphatic carboxylic acids is 2. The lowest BCUT2D eigenvalue weighted by molar-refractivity contribution is -0.384. The van der Waals surface area contributed by atoms with Crippen molar-refractivity contribution in [2.75, 3.05) is 59.5 Å². The van der Waals surface area contributed by atoms with E-state index in [1.54, 1.807) is 35.2 Å². The van der Waals surface area contributed by atoms with Crippen LogP contribution in [0.2, 0.25) is 0 Å². The molecule has 0 radical (unpaired) electrons. The van der Waals surface area contributed by atoms with E-state index in [0.29, 0.717) is 57.7 Å². The normalized spacial score (nSPS) is 13.4. The highest BCUT2D eigenvalue weighted by Gasteiger charge is 2.18. The predicted octanol–water partition coefficient (Wildman–Crippen LogP) is 1.36. The molecule has 1 aromatic heterocycles. The van der Waals surface area contributed by atoms with E-state index in [-0.39, 0.29) is 43.5 Å². The summed E-state index contributed by atoms with van der Waals surface area (Å²) in [5.74, 6) is -1.93. The Morgan fingerprint density at radius 1 is 0.917 bits per heavy atom. The molecule has 16 heteroatoms. The average Bonchev–Trinajstić information content (AvgIpc) is 3.05. The zero-order valence-corrected chi connectivity index (χ0v) is 27.1. The fourth-order valence-corrected chi connectivity index (χ4v) is 4.73. The van der Waals surface area contributed by atoms with Crippen molar-refractivity contribution in [2.24, 2.45) is 0 Å². The van der Waals surface area contributed by atoms with E-state index in [0.717, 1.165) is 18.4 Å². The first-order valence-electron chi connectivity index (χ1n) is 14.9. The van der Waals surface area contributed by atoms with Gasteiger partial charge in [0.15, 0.2) is 6.29 Å². The summed E-state index contributed by atoms with van der Waals surface area (Å²) in [5.41, 5.74) is 2.69. The molecule has 1 aliphatic heterocycles. The lowest BCUT2D eigenvalue weighted by Gasteiger charge is -2.30. The van der Waals surface area contributed by atoms with Gasteiger partial charge in [-0.1, -0.05) is 30.4 Å². The number of aldehydes is 1. The summed E-state index contributed by atoms with van der Waals surface area (Å²) in [4.78, 5) is 63.3. The van der Waals surface area contributed by atoms with Gasteiger partial charge in [-0.05, 0) is 37.1 Å². The van der Waals surface area contributed by atoms with Crippen molar-refractivity contribution < 1.29 is 44.5 Å². The van der Waals surface area contributed by atoms with Crippen molar-refractivity contribution in [3.63, 3.8) is 0 Å². The number of pyridine rings is 1. The first-order chi connectivity index (χ1) is 23.0. The molecule has 1 unspecified atom stereocenters. The Balaban J connectivity index is 0.00000218. The van der Waals surface area contributed by atoms with Crippen LogP contribution in [0.3, 0.4) is 0 Å². The van der Waals surface area contributed by atoms with E-state index in [1.165, 1.54) is 12.1 Å². The van der Waals surface area contributed by atoms with Gasteiger partial charge >= 0.3 is 11.9 Å². The Labute approximate surface area is 278 Å². The minimum absolute atomic E-state index is 0.0104. The fraction of sp³-hybridized carbons (Fsp3) is 0.406. The number of carbonyl (C=O) groups is 4. The topological polar surface area (TPSA) is 227 Å². The molecule has 2 heterocycles. The molecule has 0 saturated carbocycles. The molecule has 0 fully saturated rings. The second-order valence-electron chi connectivity index (χ2n) is 10.5. The van der Waals surface area contributed by atoms with Gasteiger partial charge in [-0.25, -0.2) is 4.98 Å². The van der Waals surface area contributed by atoms with Crippen molar-refractivity contribution in [3.8, 4) is 0 Å². The molecule has 0 bridgehead atoms. The van der Waals surface area contributed by atoms with Crippen LogP contribution in [0.1, 0.15) is 28.7 Å². The van der Waals surface area contributed by atoms with Crippen LogP contribution >= 0.6 is 0 Å². The predicted molar refractivity (Wildman–Crippen MR) is 177 cm³/mol. The number of aliphatic hydroxyl groups excluding tert-OH is 1. The SMILES string of the molecule is CC1C=CC=C(CN(CCN(CCc2ccc([N+](=O)[O-])cc2)CCN(CC(=O)O)Cc2cccc(C=O)n2)CC(=O)O)N1.CO.O=CO. The smallest absolute Gasteiger partial charge is 0.317 e. The average molecular weight is 673 g/mol. The van der Waals surface area contributed by atoms with E-state index in [4.69, 9.17) is 15.0 Å². The first kappa shape index (κ1) is 41.0. The standard InChI is InChI=1S/C30H38N6O7.CH2O2.CH4O/c1-23-4-2-5-25(31-23)18-34(20-29(38)39)16-14-33(13-12-24-8-10-28(11-9-24)36(42)43)15-17-35(21-30(40)41)19-26-6-3-7-27(22-37)32-26;2-1-3;1-2/h2-11,22-23,31H,12-21H2,1H3,(H,38,39)(H,40,41);1H,(H,2,3);2H,1H3. The number of rotatable bonds is 19. The van der Waals surface area contributed by atoms with E-state index in [9.17, 15) is 34.7 Å². The van der Waals surface area contributed by atoms with Gasteiger partial charge in [0.1, 0.15) is 5.69 Å². The quantitative estimate of drug-likeness (QED) is 0.0806. The monoisotopic (exact) mass is 672 g/mol. The van der Waals surface area contributed by atoms with Gasteiger partial charge in [0.2, 0.25) is 0 Å². The molecule has 0 aliphatic carbocycles. The van der Waals surface area contributed by atoms with E-state index in [1.807, 2.05) is 30.1 Å². The summed E-state index contributed by atoms with van der Waals surface area (Å²) in [6.45, 7) is 4.46. The van der Waals surface area contributed by atoms with Crippen molar-refractivity contribution >= 4 is 30.4 Å². The number of nitrogens with one attached hydrogen (secondary N) is 1. The highest BCUT2D eigenvalue weighted by atomic mass is 16.6. The van der Waals surface area contributed by atoms with Crippen molar-refractivity contribution in [1.29, 1.82) is 0 Å². The van der Waals surface area contributed by atoms with E-state index >= 15 is 0 Å². The number of benzene rings is 1. The number of carboxylic acids is 2. The maximum Gasteiger partial charge on any atom is 0.317 e. The van der Waals surface area contributed by atoms with Crippen LogP contribution in [0.25, 0.3) is 0 Å². The number of nitro groups is 1. The zero-order valence-electron chi connectivity index (χ0n) is 27.1. The Bertz CT molecular complexity index is 1370. The lowest BCUT2D eigenvalue weighted by Crippen LogP contribution is -2.44. The number of nitrogens with zero attached hydrogens (tertiary/aromatic N) is 5. The molecule has 2 aromatic rings. The summed E-state index contributed by atoms with van der Waals surface area (Å²) < 4.78 is 0. The van der Waals surface area contributed by atoms with Crippen molar-refractivity contribution in [3.05, 3.63) is 93.5 Å². The number of carbonyl (C=O) groups excluding carboxylic acids is 1. The van der Waals surface area contributed by atoms with Crippen LogP contribution in [0.4, 0.5) is 5.69 Å². The third-order valence-electron chi connectivity index (χ3n) is 6.89. The molecule has 0 spiro atoms. The number of dihydropyridines is 1. The molecule has 1 aromatic carbocycles. The molecule has 0 saturated heterocycles. The second-order valence-corrected chi connectivity index (χ2v) is 10.5. The van der Waals surface area contributed by atoms with Crippen LogP contribution in [0, 0.1) is 10.1 Å². The number of allylic oxidation sites excluding steroid dienone is 2. The molecular weight excluding hydrogens is 628 g/mol. The van der Waals surface area contributed by atoms with Crippen LogP contribution in [0.5, 0.6) is 0 Å². The molecule has 3 rings (SSSR count). The number of hydrogen-bond donors (Lipinski definition) is 5. The summed E-state index contributed by atoms with van der Waals surface area (Å²) in [6.07, 6.45) is 7.12. The maximum atomic E-state index is 11.6. The maximum absolute atomic E-state index is 11.6. The minimum atomic E-state index is -0.992. The number of non-ortho nitro benzene ring substituents is 1. The highest BCUT2D eigenvalue weighted by molar-refractivity contribution is 5.71. The van der Waals surface area contributed by atoms with Gasteiger partial charge in [0, 0.05) is 76.8 Å². The van der Waals surface area contributed by atoms with Gasteiger partial charge in [-0.3, -0.25) is 39.1 Å². The van der Waals surface area contributed by atoms with Crippen molar-refractivity contribution in [1.82, 2.24) is 25.0 Å². The number of nitro benzene ring substituents is 1. The van der Waals surface area contributed by atoms with Crippen LogP contribution in [0.15, 0.2) is 66.4 Å². The summed E-state index contributed by atoms with van der Waals surface area (Å²) in [6, 6.07) is 11.5. The molecule has 0 amide bonds. The molecule has 5 N–H and O–H groups in total. The fourth-order valence-electron chi connectivity index (χ4n) is 4.73. The first-order valence-corrected chi connectivity index (χ1v) is 14.9. The van der Waals surface area contributed by atoms with Gasteiger partial charge < -0.3 is 30.6 Å². The third-order valence-corrected chi connectivity index (χ3v) is 6.89. The minimum Gasteiger partial charge on any atom is -0.483 e. The van der Waals surface area contributed by atoms with Crippen LogP contribution in [-0.2, 0) is 27.3 Å². The Hall–Kier alpha value is -5.03. The largest absolute Gasteiger partial charge is 0.483 e. The number of carboxylic acid groups (broad SMARTS) is 3. The highest BCUT2D eigenvalue weighted by Crippen LogP contribution is 2.13. The van der Waals surface area contributed by atoms with Crippen LogP contribution in [-0.4, -0.2) is 135 Å². The van der Waals surface area contributed by atoms with Gasteiger partial charge in [-0.2, -0.15) is 0 Å². The van der Waals surface area contributed by atoms with Gasteiger partial charge in [-0.15, -0.1) is 0 Å². The third kappa shape index (κ3) is 17.0. The summed E-state index contributed by atoms with van der Waals surface area (Å²) in [5, 5.41) is 47.3. The van der Waals surface area contributed by atoms with Crippen molar-refractivity contribution in [2.45, 2.75) is 25.9 Å². The molecule has 262 valence electrons. The Kier molecular flexibility index (Phi) is 19.9. The van der Waals surface area contributed by atoms with E-state index in [2.05, 4.69) is 15.2 Å². The molecular formula is C32H44N6O10. The number of aromatic nitrogens is 1. The molecule has 1 atom stereocenters. The Morgan fingerprint density at radius 3 is 2.00 bits per heavy atom. The number of hydrogen-bond acceptors (Lipinski definition) is 12. The number of aliphatic hydroxyl groups is 1. The van der Waals surface area contributed by atoms with E-state index < -0.39 is 16.9 Å². The zero-order chi connectivity index (χ0) is 35.9. The second kappa shape index (κ2) is 23.3. The lowest BCUT2D eigenvalue weighted by atomic mass is 10.1. The molecule has 48 heavy (non-hydrogen) atoms. The molecule has 1 aliphatic rings. The van der Waals surface area contributed by atoms with Crippen LogP contribution < -0.4 is 5.32 Å². The Morgan fingerprint density at radius 2 is 1.48 bits per heavy atom. The van der Waals surface area contributed by atoms with Gasteiger partial charge in [0.05, 0.1) is 23.7 Å².